The number of rotatable bonds is 10. The van der Waals surface area contributed by atoms with Crippen LogP contribution in [-0.4, -0.2) is 97.8 Å². The standard InChI is InChI=1S/C45H50N8O4/c1-51-23-5-13-38(51)43(54)50-40(33-9-3-2-4-10-33)45(56)53-25-7-12-37(53)42-47-28-35(49-42)32-21-17-30(18-22-32)29-15-19-31(20-16-29)34-27-46-41(48-34)36-11-6-24-52(36)44(55)39-14-8-26-57-39/h2-4,9-10,15-22,27-28,36-40H,5-8,11-14,23-26H2,1H3,(H,46,48)(H,47,49)(H,50,54)/t36-,37-,38-,39+,40+/m0/s1. The first-order chi connectivity index (χ1) is 27.9. The zero-order valence-electron chi connectivity index (χ0n) is 32.4. The van der Waals surface area contributed by atoms with E-state index < -0.39 is 6.04 Å². The van der Waals surface area contributed by atoms with Crippen molar-refractivity contribution < 1.29 is 19.1 Å². The summed E-state index contributed by atoms with van der Waals surface area (Å²) in [4.78, 5) is 63.3. The number of hydrogen-bond donors (Lipinski definition) is 3. The summed E-state index contributed by atoms with van der Waals surface area (Å²) in [6, 6.07) is 25.1. The van der Waals surface area contributed by atoms with Gasteiger partial charge in [0.05, 0.1) is 35.7 Å². The molecule has 4 fully saturated rings. The number of H-pyrrole nitrogens is 2. The summed E-state index contributed by atoms with van der Waals surface area (Å²) in [5.41, 5.74) is 6.72. The minimum atomic E-state index is -0.766. The molecule has 2 aromatic heterocycles. The van der Waals surface area contributed by atoms with Crippen molar-refractivity contribution in [3.05, 3.63) is 108 Å². The summed E-state index contributed by atoms with van der Waals surface area (Å²) < 4.78 is 5.69. The predicted octanol–water partition coefficient (Wildman–Crippen LogP) is 6.59. The van der Waals surface area contributed by atoms with Crippen LogP contribution < -0.4 is 5.32 Å². The van der Waals surface area contributed by atoms with E-state index in [0.29, 0.717) is 13.2 Å². The lowest BCUT2D eigenvalue weighted by molar-refractivity contribution is -0.142. The molecule has 4 saturated heterocycles. The second-order valence-electron chi connectivity index (χ2n) is 15.9. The van der Waals surface area contributed by atoms with Gasteiger partial charge in [-0.25, -0.2) is 9.97 Å². The summed E-state index contributed by atoms with van der Waals surface area (Å²) in [6.07, 6.45) is 10.5. The predicted molar refractivity (Wildman–Crippen MR) is 216 cm³/mol. The molecular weight excluding hydrogens is 717 g/mol. The van der Waals surface area contributed by atoms with Crippen LogP contribution in [0.15, 0.2) is 91.3 Å². The first kappa shape index (κ1) is 37.0. The van der Waals surface area contributed by atoms with Crippen molar-refractivity contribution in [3.8, 4) is 33.6 Å². The number of hydrogen-bond acceptors (Lipinski definition) is 7. The number of likely N-dealkylation sites (N-methyl/N-ethyl adjacent to an activating group) is 1. The van der Waals surface area contributed by atoms with Crippen LogP contribution in [0.3, 0.4) is 0 Å². The minimum Gasteiger partial charge on any atom is -0.368 e. The smallest absolute Gasteiger partial charge is 0.252 e. The van der Waals surface area contributed by atoms with Gasteiger partial charge in [-0.05, 0) is 87.2 Å². The minimum absolute atomic E-state index is 0.0475. The SMILES string of the molecule is CN1CCC[C@H]1C(=O)N[C@@H](C(=O)N1CCC[C@H]1c1ncc(-c2ccc(-c3ccc(-c4c[nH]c([C@@H]5CCCN5C(=O)[C@H]5CCCO5)n4)cc3)cc2)[nH]1)c1ccccc1. The topological polar surface area (TPSA) is 140 Å². The fourth-order valence-corrected chi connectivity index (χ4v) is 9.15. The number of aromatic nitrogens is 4. The van der Waals surface area contributed by atoms with Crippen LogP contribution in [0.25, 0.3) is 33.6 Å². The number of ether oxygens (including phenoxy) is 1. The highest BCUT2D eigenvalue weighted by Crippen LogP contribution is 2.36. The first-order valence-corrected chi connectivity index (χ1v) is 20.5. The summed E-state index contributed by atoms with van der Waals surface area (Å²) in [7, 11) is 1.97. The molecule has 57 heavy (non-hydrogen) atoms. The van der Waals surface area contributed by atoms with E-state index >= 15 is 0 Å². The number of imidazole rings is 2. The Kier molecular flexibility index (Phi) is 10.5. The van der Waals surface area contributed by atoms with Gasteiger partial charge in [-0.1, -0.05) is 78.9 Å². The Labute approximate surface area is 333 Å². The molecule has 0 saturated carbocycles. The lowest BCUT2D eigenvalue weighted by Gasteiger charge is -2.30. The Morgan fingerprint density at radius 2 is 1.42 bits per heavy atom. The monoisotopic (exact) mass is 766 g/mol. The number of likely N-dealkylation sites (tertiary alicyclic amines) is 3. The van der Waals surface area contributed by atoms with Crippen LogP contribution in [0.2, 0.25) is 0 Å². The fraction of sp³-hybridized carbons (Fsp3) is 0.400. The zero-order valence-corrected chi connectivity index (χ0v) is 32.4. The number of carbonyl (C=O) groups excluding carboxylic acids is 3. The van der Waals surface area contributed by atoms with E-state index in [9.17, 15) is 14.4 Å². The molecule has 12 heteroatoms. The maximum absolute atomic E-state index is 14.3. The summed E-state index contributed by atoms with van der Waals surface area (Å²) >= 11 is 0. The van der Waals surface area contributed by atoms with Crippen LogP contribution in [0.1, 0.15) is 86.7 Å². The van der Waals surface area contributed by atoms with Crippen LogP contribution in [0.5, 0.6) is 0 Å². The second-order valence-corrected chi connectivity index (χ2v) is 15.9. The van der Waals surface area contributed by atoms with E-state index in [4.69, 9.17) is 14.7 Å². The summed E-state index contributed by atoms with van der Waals surface area (Å²) in [5.74, 6) is 1.46. The lowest BCUT2D eigenvalue weighted by Crippen LogP contribution is -2.48. The van der Waals surface area contributed by atoms with Gasteiger partial charge in [0.1, 0.15) is 23.8 Å². The van der Waals surface area contributed by atoms with Crippen molar-refractivity contribution in [3.63, 3.8) is 0 Å². The van der Waals surface area contributed by atoms with Gasteiger partial charge >= 0.3 is 0 Å². The number of aromatic amines is 2. The highest BCUT2D eigenvalue weighted by atomic mass is 16.5. The summed E-state index contributed by atoms with van der Waals surface area (Å²) in [6.45, 7) is 2.88. The van der Waals surface area contributed by atoms with Gasteiger partial charge < -0.3 is 29.8 Å². The lowest BCUT2D eigenvalue weighted by atomic mass is 10.0. The quantitative estimate of drug-likeness (QED) is 0.146. The van der Waals surface area contributed by atoms with Crippen molar-refractivity contribution in [2.75, 3.05) is 33.3 Å². The van der Waals surface area contributed by atoms with Crippen LogP contribution >= 0.6 is 0 Å². The molecule has 3 N–H and O–H groups in total. The maximum atomic E-state index is 14.3. The molecule has 3 aromatic carbocycles. The van der Waals surface area contributed by atoms with E-state index in [-0.39, 0.29) is 42.0 Å². The first-order valence-electron chi connectivity index (χ1n) is 20.5. The van der Waals surface area contributed by atoms with Gasteiger partial charge in [0.15, 0.2) is 0 Å². The highest BCUT2D eigenvalue weighted by Gasteiger charge is 2.39. The van der Waals surface area contributed by atoms with Crippen molar-refractivity contribution in [2.45, 2.75) is 81.6 Å². The number of benzene rings is 3. The molecule has 6 heterocycles. The fourth-order valence-electron chi connectivity index (χ4n) is 9.15. The van der Waals surface area contributed by atoms with Gasteiger partial charge in [0.25, 0.3) is 5.91 Å². The molecule has 5 atom stereocenters. The Bertz CT molecular complexity index is 2190. The second kappa shape index (κ2) is 16.1. The van der Waals surface area contributed by atoms with Crippen molar-refractivity contribution in [1.29, 1.82) is 0 Å². The number of nitrogens with one attached hydrogen (secondary N) is 3. The molecule has 0 spiro atoms. The van der Waals surface area contributed by atoms with E-state index in [0.717, 1.165) is 115 Å². The van der Waals surface area contributed by atoms with Gasteiger partial charge in [-0.2, -0.15) is 0 Å². The molecule has 294 valence electrons. The number of carbonyl (C=O) groups is 3. The Morgan fingerprint density at radius 3 is 2.11 bits per heavy atom. The van der Waals surface area contributed by atoms with Gasteiger partial charge in [0, 0.05) is 31.5 Å². The van der Waals surface area contributed by atoms with E-state index in [1.807, 2.05) is 59.6 Å². The third kappa shape index (κ3) is 7.51. The van der Waals surface area contributed by atoms with Gasteiger partial charge in [0.2, 0.25) is 11.8 Å². The van der Waals surface area contributed by atoms with Crippen molar-refractivity contribution in [2.24, 2.45) is 0 Å². The zero-order chi connectivity index (χ0) is 38.9. The average Bonchev–Trinajstić information content (AvgIpc) is 4.11. The van der Waals surface area contributed by atoms with E-state index in [1.165, 1.54) is 0 Å². The third-order valence-electron chi connectivity index (χ3n) is 12.3. The Hall–Kier alpha value is -5.59. The van der Waals surface area contributed by atoms with Crippen molar-refractivity contribution >= 4 is 17.7 Å². The molecule has 4 aliphatic rings. The van der Waals surface area contributed by atoms with Crippen LogP contribution in [0, 0.1) is 0 Å². The highest BCUT2D eigenvalue weighted by molar-refractivity contribution is 5.91. The Morgan fingerprint density at radius 1 is 0.754 bits per heavy atom. The molecule has 12 nitrogen and oxygen atoms in total. The molecule has 0 unspecified atom stereocenters. The maximum Gasteiger partial charge on any atom is 0.252 e. The van der Waals surface area contributed by atoms with Crippen LogP contribution in [0.4, 0.5) is 0 Å². The number of amides is 3. The number of nitrogens with zero attached hydrogens (tertiary/aromatic N) is 5. The molecule has 9 rings (SSSR count). The van der Waals surface area contributed by atoms with E-state index in [1.54, 1.807) is 0 Å². The average molecular weight is 767 g/mol. The molecule has 0 radical (unpaired) electrons. The van der Waals surface area contributed by atoms with Gasteiger partial charge in [-0.15, -0.1) is 0 Å². The molecule has 4 aliphatic heterocycles. The molecule has 0 bridgehead atoms. The molecule has 3 amide bonds. The van der Waals surface area contributed by atoms with Crippen LogP contribution in [-0.2, 0) is 19.1 Å². The van der Waals surface area contributed by atoms with E-state index in [2.05, 4.69) is 68.7 Å². The Balaban J connectivity index is 0.860. The van der Waals surface area contributed by atoms with Crippen molar-refractivity contribution in [1.82, 2.24) is 40.0 Å². The third-order valence-corrected chi connectivity index (χ3v) is 12.3. The largest absolute Gasteiger partial charge is 0.368 e. The van der Waals surface area contributed by atoms with Gasteiger partial charge in [-0.3, -0.25) is 19.3 Å². The summed E-state index contributed by atoms with van der Waals surface area (Å²) in [5, 5.41) is 3.12. The molecular formula is C45H50N8O4. The molecule has 5 aromatic rings. The molecule has 0 aliphatic carbocycles. The normalized spacial score (nSPS) is 23.0.